The summed E-state index contributed by atoms with van der Waals surface area (Å²) in [5.41, 5.74) is 5.37. The van der Waals surface area contributed by atoms with Crippen LogP contribution in [-0.2, 0) is 9.59 Å². The molecule has 1 aromatic rings. The summed E-state index contributed by atoms with van der Waals surface area (Å²) in [6.45, 7) is 0.205. The Hall–Kier alpha value is -2.57. The molecule has 0 bridgehead atoms. The molecule has 2 rings (SSSR count). The summed E-state index contributed by atoms with van der Waals surface area (Å²) in [6.07, 6.45) is 2.08. The van der Waals surface area contributed by atoms with Crippen LogP contribution in [0.15, 0.2) is 24.3 Å². The van der Waals surface area contributed by atoms with Crippen LogP contribution in [0.1, 0.15) is 29.6 Å². The third kappa shape index (κ3) is 3.75. The van der Waals surface area contributed by atoms with Gasteiger partial charge in [-0.15, -0.1) is 0 Å². The number of benzene rings is 1. The van der Waals surface area contributed by atoms with E-state index in [2.05, 4.69) is 0 Å². The first-order valence-electron chi connectivity index (χ1n) is 7.04. The van der Waals surface area contributed by atoms with E-state index in [1.165, 1.54) is 4.90 Å². The molecule has 0 unspecified atom stereocenters. The number of aliphatic carboxylic acids is 1. The molecule has 2 amide bonds. The van der Waals surface area contributed by atoms with Crippen LogP contribution >= 0.6 is 0 Å². The summed E-state index contributed by atoms with van der Waals surface area (Å²) in [6, 6.07) is 5.43. The van der Waals surface area contributed by atoms with Gasteiger partial charge in [0, 0.05) is 12.1 Å². The van der Waals surface area contributed by atoms with Crippen LogP contribution < -0.4 is 10.5 Å². The van der Waals surface area contributed by atoms with Gasteiger partial charge in [0.2, 0.25) is 0 Å². The maximum Gasteiger partial charge on any atom is 0.326 e. The molecule has 7 heteroatoms. The average Bonchev–Trinajstić information content (AvgIpc) is 2.52. The molecule has 1 aliphatic heterocycles. The molecule has 0 aromatic heterocycles. The zero-order valence-corrected chi connectivity index (χ0v) is 12.0. The van der Waals surface area contributed by atoms with Gasteiger partial charge in [-0.1, -0.05) is 0 Å². The zero-order chi connectivity index (χ0) is 16.1. The number of carboxylic acids is 1. The fraction of sp³-hybridized carbons (Fsp3) is 0.400. The van der Waals surface area contributed by atoms with E-state index in [4.69, 9.17) is 10.5 Å². The topological polar surface area (TPSA) is 110 Å². The molecule has 118 valence electrons. The lowest BCUT2D eigenvalue weighted by molar-refractivity contribution is -0.143. The van der Waals surface area contributed by atoms with Crippen molar-refractivity contribution in [1.29, 1.82) is 0 Å². The lowest BCUT2D eigenvalue weighted by Crippen LogP contribution is -2.47. The van der Waals surface area contributed by atoms with Crippen molar-refractivity contribution in [3.63, 3.8) is 0 Å². The van der Waals surface area contributed by atoms with Crippen molar-refractivity contribution in [2.75, 3.05) is 13.2 Å². The number of nitrogens with zero attached hydrogens (tertiary/aromatic N) is 1. The highest BCUT2D eigenvalue weighted by Gasteiger charge is 2.32. The molecule has 3 N–H and O–H groups in total. The molecule has 0 aliphatic carbocycles. The summed E-state index contributed by atoms with van der Waals surface area (Å²) in [5, 5.41) is 9.21. The third-order valence-corrected chi connectivity index (χ3v) is 3.53. The first kappa shape index (κ1) is 15.8. The fourth-order valence-electron chi connectivity index (χ4n) is 2.45. The maximum absolute atomic E-state index is 12.4. The largest absolute Gasteiger partial charge is 0.484 e. The number of nitrogens with two attached hydrogens (primary N) is 1. The molecule has 1 saturated heterocycles. The smallest absolute Gasteiger partial charge is 0.326 e. The molecular weight excluding hydrogens is 288 g/mol. The molecule has 0 radical (unpaired) electrons. The minimum Gasteiger partial charge on any atom is -0.484 e. The van der Waals surface area contributed by atoms with Gasteiger partial charge < -0.3 is 20.5 Å². The number of carbonyl (C=O) groups is 3. The molecule has 22 heavy (non-hydrogen) atoms. The minimum atomic E-state index is -0.977. The van der Waals surface area contributed by atoms with E-state index >= 15 is 0 Å². The van der Waals surface area contributed by atoms with E-state index in [1.54, 1.807) is 24.3 Å². The van der Waals surface area contributed by atoms with Gasteiger partial charge in [-0.25, -0.2) is 4.79 Å². The molecule has 0 saturated carbocycles. The number of rotatable bonds is 5. The van der Waals surface area contributed by atoms with Crippen LogP contribution in [0.5, 0.6) is 5.75 Å². The van der Waals surface area contributed by atoms with Gasteiger partial charge in [-0.05, 0) is 43.5 Å². The fourth-order valence-corrected chi connectivity index (χ4v) is 2.45. The predicted octanol–water partition coefficient (Wildman–Crippen LogP) is 0.630. The number of hydrogen-bond acceptors (Lipinski definition) is 4. The Balaban J connectivity index is 2.08. The molecule has 1 atom stereocenters. The minimum absolute atomic E-state index is 0.236. The highest BCUT2D eigenvalue weighted by molar-refractivity contribution is 5.96. The highest BCUT2D eigenvalue weighted by atomic mass is 16.5. The van der Waals surface area contributed by atoms with Gasteiger partial charge in [0.05, 0.1) is 0 Å². The molecule has 1 aromatic carbocycles. The van der Waals surface area contributed by atoms with Crippen LogP contribution in [0, 0.1) is 0 Å². The van der Waals surface area contributed by atoms with Crippen molar-refractivity contribution in [3.05, 3.63) is 29.8 Å². The van der Waals surface area contributed by atoms with Crippen LogP contribution in [0.25, 0.3) is 0 Å². The zero-order valence-electron chi connectivity index (χ0n) is 12.0. The Morgan fingerprint density at radius 1 is 1.23 bits per heavy atom. The van der Waals surface area contributed by atoms with E-state index in [0.29, 0.717) is 24.3 Å². The van der Waals surface area contributed by atoms with Gasteiger partial charge in [-0.3, -0.25) is 9.59 Å². The molecule has 1 aliphatic rings. The van der Waals surface area contributed by atoms with Gasteiger partial charge in [-0.2, -0.15) is 0 Å². The van der Waals surface area contributed by atoms with Crippen molar-refractivity contribution in [3.8, 4) is 5.75 Å². The average molecular weight is 306 g/mol. The number of ether oxygens (including phenoxy) is 1. The van der Waals surface area contributed by atoms with Crippen molar-refractivity contribution in [1.82, 2.24) is 4.90 Å². The van der Waals surface area contributed by atoms with Crippen LogP contribution in [0.2, 0.25) is 0 Å². The van der Waals surface area contributed by atoms with Crippen molar-refractivity contribution >= 4 is 17.8 Å². The Kier molecular flexibility index (Phi) is 4.98. The Labute approximate surface area is 127 Å². The van der Waals surface area contributed by atoms with Gasteiger partial charge >= 0.3 is 5.97 Å². The number of amides is 2. The summed E-state index contributed by atoms with van der Waals surface area (Å²) < 4.78 is 5.11. The first-order chi connectivity index (χ1) is 10.5. The summed E-state index contributed by atoms with van der Waals surface area (Å²) >= 11 is 0. The van der Waals surface area contributed by atoms with Gasteiger partial charge in [0.25, 0.3) is 11.8 Å². The third-order valence-electron chi connectivity index (χ3n) is 3.53. The Morgan fingerprint density at radius 2 is 1.91 bits per heavy atom. The molecule has 0 spiro atoms. The number of carboxylic acid groups (broad SMARTS) is 1. The highest BCUT2D eigenvalue weighted by Crippen LogP contribution is 2.21. The lowest BCUT2D eigenvalue weighted by Gasteiger charge is -2.33. The monoisotopic (exact) mass is 306 g/mol. The van der Waals surface area contributed by atoms with Crippen LogP contribution in [0.3, 0.4) is 0 Å². The van der Waals surface area contributed by atoms with Crippen LogP contribution in [-0.4, -0.2) is 47.0 Å². The van der Waals surface area contributed by atoms with Gasteiger partial charge in [0.1, 0.15) is 11.8 Å². The number of hydrogen-bond donors (Lipinski definition) is 2. The second-order valence-electron chi connectivity index (χ2n) is 5.13. The maximum atomic E-state index is 12.4. The van der Waals surface area contributed by atoms with Crippen molar-refractivity contribution in [2.45, 2.75) is 25.3 Å². The number of piperidine rings is 1. The Morgan fingerprint density at radius 3 is 2.50 bits per heavy atom. The summed E-state index contributed by atoms with van der Waals surface area (Å²) in [7, 11) is 0. The Bertz CT molecular complexity index is 570. The number of carbonyl (C=O) groups excluding carboxylic acids is 2. The predicted molar refractivity (Wildman–Crippen MR) is 77.4 cm³/mol. The van der Waals surface area contributed by atoms with E-state index < -0.39 is 17.9 Å². The molecule has 1 heterocycles. The van der Waals surface area contributed by atoms with E-state index in [0.717, 1.165) is 12.8 Å². The number of likely N-dealkylation sites (tertiary alicyclic amines) is 1. The van der Waals surface area contributed by atoms with E-state index in [9.17, 15) is 19.5 Å². The normalized spacial score (nSPS) is 17.8. The molecule has 7 nitrogen and oxygen atoms in total. The molecule has 1 fully saturated rings. The van der Waals surface area contributed by atoms with E-state index in [1.807, 2.05) is 0 Å². The number of primary amides is 1. The van der Waals surface area contributed by atoms with E-state index in [-0.39, 0.29) is 12.5 Å². The SMILES string of the molecule is NC(=O)COc1ccc(C(=O)N2CCCC[C@@H]2C(=O)O)cc1. The van der Waals surface area contributed by atoms with Crippen molar-refractivity contribution < 1.29 is 24.2 Å². The first-order valence-corrected chi connectivity index (χ1v) is 7.04. The van der Waals surface area contributed by atoms with Crippen molar-refractivity contribution in [2.24, 2.45) is 5.73 Å². The van der Waals surface area contributed by atoms with Gasteiger partial charge in [0.15, 0.2) is 6.61 Å². The quantitative estimate of drug-likeness (QED) is 0.829. The second kappa shape index (κ2) is 6.93. The van der Waals surface area contributed by atoms with Crippen LogP contribution in [0.4, 0.5) is 0 Å². The molecular formula is C15H18N2O5. The lowest BCUT2D eigenvalue weighted by atomic mass is 10.0. The standard InChI is InChI=1S/C15H18N2O5/c16-13(18)9-22-11-6-4-10(5-7-11)14(19)17-8-2-1-3-12(17)15(20)21/h4-7,12H,1-3,8-9H2,(H2,16,18)(H,20,21)/t12-/m1/s1. The second-order valence-corrected chi connectivity index (χ2v) is 5.13. The summed E-state index contributed by atoms with van der Waals surface area (Å²) in [4.78, 5) is 35.7. The summed E-state index contributed by atoms with van der Waals surface area (Å²) in [5.74, 6) is -1.45.